The maximum atomic E-state index is 13.5. The zero-order chi connectivity index (χ0) is 27.3. The summed E-state index contributed by atoms with van der Waals surface area (Å²) in [5.74, 6) is -1.30. The number of ketones is 1. The van der Waals surface area contributed by atoms with Gasteiger partial charge in [0.2, 0.25) is 10.0 Å². The molecule has 0 aliphatic carbocycles. The molecule has 0 aliphatic rings. The number of amides is 1. The Morgan fingerprint density at radius 3 is 2.45 bits per heavy atom. The number of carbonyl (C=O) groups excluding carboxylic acids is 2. The van der Waals surface area contributed by atoms with Gasteiger partial charge >= 0.3 is 0 Å². The van der Waals surface area contributed by atoms with Crippen LogP contribution in [0, 0.1) is 0 Å². The van der Waals surface area contributed by atoms with E-state index in [1.165, 1.54) is 55.7 Å². The summed E-state index contributed by atoms with van der Waals surface area (Å²) in [6.07, 6.45) is 1.69. The number of Topliss-reactive ketones (excluding diaryl/α,β-unsaturated/α-hetero) is 1. The molecule has 0 aliphatic heterocycles. The lowest BCUT2D eigenvalue weighted by atomic mass is 10.0. The van der Waals surface area contributed by atoms with E-state index in [2.05, 4.69) is 10.3 Å². The van der Waals surface area contributed by atoms with Crippen molar-refractivity contribution in [2.45, 2.75) is 30.4 Å². The molecule has 0 spiro atoms. The lowest BCUT2D eigenvalue weighted by Gasteiger charge is -2.25. The average Bonchev–Trinajstić information content (AvgIpc) is 3.32. The second-order valence-electron chi connectivity index (χ2n) is 8.84. The molecular weight excluding hydrogens is 510 g/mol. The summed E-state index contributed by atoms with van der Waals surface area (Å²) in [4.78, 5) is 30.4. The number of sulfonamides is 1. The molecule has 0 saturated carbocycles. The number of benzene rings is 2. The maximum absolute atomic E-state index is 13.5. The Bertz CT molecular complexity index is 1520. The molecule has 3 N–H and O–H groups in total. The number of fused-ring (bicyclic) bond motifs is 1. The minimum Gasteiger partial charge on any atom is -0.508 e. The largest absolute Gasteiger partial charge is 0.508 e. The maximum Gasteiger partial charge on any atom is 0.287 e. The predicted octanol–water partition coefficient (Wildman–Crippen LogP) is 2.52. The van der Waals surface area contributed by atoms with Gasteiger partial charge in [-0.25, -0.2) is 8.42 Å². The zero-order valence-electron chi connectivity index (χ0n) is 20.5. The van der Waals surface area contributed by atoms with Crippen molar-refractivity contribution in [1.29, 1.82) is 0 Å². The summed E-state index contributed by atoms with van der Waals surface area (Å²) in [7, 11) is -4.14. The highest BCUT2D eigenvalue weighted by Gasteiger charge is 2.31. The first-order chi connectivity index (χ1) is 18.1. The SMILES string of the molecule is C[C@@H](O)CN(CC(=O)[C@H](Cc1ccccc1)NC(=O)c1cc2cc(O)ccc2o1)S(=O)(=O)c1ccncc1. The number of rotatable bonds is 11. The minimum absolute atomic E-state index is 0.0102. The van der Waals surface area contributed by atoms with E-state index in [-0.39, 0.29) is 29.4 Å². The predicted molar refractivity (Wildman–Crippen MR) is 139 cm³/mol. The molecule has 2 atom stereocenters. The Hall–Kier alpha value is -4.06. The third-order valence-electron chi connectivity index (χ3n) is 5.79. The Balaban J connectivity index is 1.61. The van der Waals surface area contributed by atoms with Gasteiger partial charge in [0.05, 0.1) is 23.6 Å². The molecule has 4 aromatic rings. The Morgan fingerprint density at radius 1 is 1.05 bits per heavy atom. The fourth-order valence-electron chi connectivity index (χ4n) is 3.95. The average molecular weight is 538 g/mol. The van der Waals surface area contributed by atoms with Crippen LogP contribution in [0.4, 0.5) is 0 Å². The second kappa shape index (κ2) is 11.5. The molecule has 11 heteroatoms. The van der Waals surface area contributed by atoms with Gasteiger partial charge in [0.25, 0.3) is 5.91 Å². The summed E-state index contributed by atoms with van der Waals surface area (Å²) < 4.78 is 33.0. The first kappa shape index (κ1) is 27.0. The van der Waals surface area contributed by atoms with Gasteiger partial charge in [-0.3, -0.25) is 14.6 Å². The van der Waals surface area contributed by atoms with Crippen LogP contribution < -0.4 is 5.32 Å². The lowest BCUT2D eigenvalue weighted by Crippen LogP contribution is -2.49. The summed E-state index contributed by atoms with van der Waals surface area (Å²) in [6, 6.07) is 16.3. The number of phenolic OH excluding ortho intramolecular Hbond substituents is 1. The molecule has 4 rings (SSSR count). The molecule has 2 heterocycles. The fraction of sp³-hybridized carbons (Fsp3) is 0.222. The topological polar surface area (TPSA) is 150 Å². The number of nitrogens with zero attached hydrogens (tertiary/aromatic N) is 2. The van der Waals surface area contributed by atoms with E-state index < -0.39 is 40.4 Å². The molecular formula is C27H27N3O7S. The van der Waals surface area contributed by atoms with Crippen LogP contribution in [-0.4, -0.2) is 64.8 Å². The number of pyridine rings is 1. The number of hydrogen-bond acceptors (Lipinski definition) is 8. The quantitative estimate of drug-likeness (QED) is 0.264. The third kappa shape index (κ3) is 6.43. The molecule has 0 radical (unpaired) electrons. The number of carbonyl (C=O) groups is 2. The smallest absolute Gasteiger partial charge is 0.287 e. The van der Waals surface area contributed by atoms with Crippen molar-refractivity contribution in [3.63, 3.8) is 0 Å². The number of furan rings is 1. The van der Waals surface area contributed by atoms with E-state index in [1.807, 2.05) is 6.07 Å². The van der Waals surface area contributed by atoms with Crippen LogP contribution in [0.5, 0.6) is 5.75 Å². The minimum atomic E-state index is -4.14. The summed E-state index contributed by atoms with van der Waals surface area (Å²) in [5, 5.41) is 22.8. The first-order valence-corrected chi connectivity index (χ1v) is 13.3. The Morgan fingerprint density at radius 2 is 1.76 bits per heavy atom. The Kier molecular flexibility index (Phi) is 8.20. The van der Waals surface area contributed by atoms with Crippen molar-refractivity contribution in [3.05, 3.63) is 90.4 Å². The Labute approximate surface area is 219 Å². The van der Waals surface area contributed by atoms with Crippen LogP contribution in [0.15, 0.2) is 88.4 Å². The van der Waals surface area contributed by atoms with Crippen LogP contribution in [-0.2, 0) is 21.2 Å². The zero-order valence-corrected chi connectivity index (χ0v) is 21.3. The van der Waals surface area contributed by atoms with E-state index in [9.17, 15) is 28.2 Å². The van der Waals surface area contributed by atoms with Crippen molar-refractivity contribution < 1.29 is 32.6 Å². The van der Waals surface area contributed by atoms with Gasteiger partial charge in [-0.05, 0) is 55.3 Å². The lowest BCUT2D eigenvalue weighted by molar-refractivity contribution is -0.121. The number of hydrogen-bond donors (Lipinski definition) is 3. The fourth-order valence-corrected chi connectivity index (χ4v) is 5.43. The number of phenols is 1. The molecule has 1 amide bonds. The normalized spacial score (nSPS) is 13.3. The van der Waals surface area contributed by atoms with Gasteiger partial charge in [-0.1, -0.05) is 30.3 Å². The molecule has 10 nitrogen and oxygen atoms in total. The molecule has 0 fully saturated rings. The molecule has 0 unspecified atom stereocenters. The summed E-state index contributed by atoms with van der Waals surface area (Å²) in [6.45, 7) is 0.513. The molecule has 38 heavy (non-hydrogen) atoms. The number of nitrogens with one attached hydrogen (secondary N) is 1. The molecule has 2 aromatic heterocycles. The van der Waals surface area contributed by atoms with E-state index in [4.69, 9.17) is 4.42 Å². The van der Waals surface area contributed by atoms with Crippen molar-refractivity contribution in [1.82, 2.24) is 14.6 Å². The van der Waals surface area contributed by atoms with E-state index in [1.54, 1.807) is 24.3 Å². The van der Waals surface area contributed by atoms with E-state index in [0.29, 0.717) is 11.0 Å². The molecule has 0 bridgehead atoms. The molecule has 0 saturated heterocycles. The number of aliphatic hydroxyl groups excluding tert-OH is 1. The highest BCUT2D eigenvalue weighted by atomic mass is 32.2. The van der Waals surface area contributed by atoms with Gasteiger partial charge in [-0.15, -0.1) is 0 Å². The van der Waals surface area contributed by atoms with Gasteiger partial charge in [-0.2, -0.15) is 4.31 Å². The van der Waals surface area contributed by atoms with Crippen LogP contribution >= 0.6 is 0 Å². The van der Waals surface area contributed by atoms with Gasteiger partial charge in [0.15, 0.2) is 11.5 Å². The van der Waals surface area contributed by atoms with Crippen LogP contribution in [0.3, 0.4) is 0 Å². The van der Waals surface area contributed by atoms with Crippen molar-refractivity contribution >= 4 is 32.7 Å². The monoisotopic (exact) mass is 537 g/mol. The molecule has 2 aromatic carbocycles. The van der Waals surface area contributed by atoms with E-state index in [0.717, 1.165) is 9.87 Å². The number of aliphatic hydroxyl groups is 1. The van der Waals surface area contributed by atoms with Crippen molar-refractivity contribution in [2.24, 2.45) is 0 Å². The summed E-state index contributed by atoms with van der Waals surface area (Å²) >= 11 is 0. The van der Waals surface area contributed by atoms with E-state index >= 15 is 0 Å². The van der Waals surface area contributed by atoms with Gasteiger partial charge < -0.3 is 19.9 Å². The third-order valence-corrected chi connectivity index (χ3v) is 7.61. The highest BCUT2D eigenvalue weighted by molar-refractivity contribution is 7.89. The molecule has 198 valence electrons. The van der Waals surface area contributed by atoms with Gasteiger partial charge in [0, 0.05) is 24.3 Å². The van der Waals surface area contributed by atoms with Crippen molar-refractivity contribution in [2.75, 3.05) is 13.1 Å². The number of aromatic nitrogens is 1. The van der Waals surface area contributed by atoms with Crippen LogP contribution in [0.2, 0.25) is 0 Å². The highest BCUT2D eigenvalue weighted by Crippen LogP contribution is 2.24. The number of aromatic hydroxyl groups is 1. The summed E-state index contributed by atoms with van der Waals surface area (Å²) in [5.41, 5.74) is 1.13. The second-order valence-corrected chi connectivity index (χ2v) is 10.8. The standard InChI is InChI=1S/C27H27N3O7S/c1-18(31)16-30(38(35,36)22-9-11-28-12-10-22)17-24(33)23(13-19-5-3-2-4-6-19)29-27(34)26-15-20-14-21(32)7-8-25(20)37-26/h2-12,14-15,18,23,31-32H,13,16-17H2,1H3,(H,29,34)/t18-,23+/m1/s1. The van der Waals surface area contributed by atoms with Crippen molar-refractivity contribution in [3.8, 4) is 5.75 Å². The van der Waals surface area contributed by atoms with Crippen LogP contribution in [0.25, 0.3) is 11.0 Å². The van der Waals surface area contributed by atoms with Crippen LogP contribution in [0.1, 0.15) is 23.0 Å². The van der Waals surface area contributed by atoms with Gasteiger partial charge in [0.1, 0.15) is 11.3 Å². The first-order valence-electron chi connectivity index (χ1n) is 11.8.